The van der Waals surface area contributed by atoms with Crippen LogP contribution in [0.5, 0.6) is 0 Å². The van der Waals surface area contributed by atoms with E-state index in [2.05, 4.69) is 53.2 Å². The first kappa shape index (κ1) is 17.0. The number of hydrogen-bond acceptors (Lipinski definition) is 2. The van der Waals surface area contributed by atoms with Crippen LogP contribution in [0.3, 0.4) is 0 Å². The van der Waals surface area contributed by atoms with Gasteiger partial charge in [0.15, 0.2) is 0 Å². The Morgan fingerprint density at radius 2 is 2.00 bits per heavy atom. The Labute approximate surface area is 138 Å². The molecule has 0 aliphatic carbocycles. The zero-order valence-electron chi connectivity index (χ0n) is 14.0. The van der Waals surface area contributed by atoms with Crippen LogP contribution in [-0.2, 0) is 19.5 Å². The van der Waals surface area contributed by atoms with Crippen LogP contribution >= 0.6 is 15.9 Å². The molecule has 3 nitrogen and oxygen atoms in total. The summed E-state index contributed by atoms with van der Waals surface area (Å²) in [4.78, 5) is 2.62. The minimum atomic E-state index is 0.824. The summed E-state index contributed by atoms with van der Waals surface area (Å²) in [5.41, 5.74) is 2.55. The maximum Gasteiger partial charge on any atom is 0.0767 e. The summed E-state index contributed by atoms with van der Waals surface area (Å²) in [5.74, 6) is 1.73. The molecule has 2 heterocycles. The van der Waals surface area contributed by atoms with Crippen molar-refractivity contribution in [1.82, 2.24) is 14.7 Å². The largest absolute Gasteiger partial charge is 0.297 e. The fraction of sp³-hybridized carbons (Fsp3) is 0.824. The number of likely N-dealkylation sites (tertiary alicyclic amines) is 1. The molecule has 1 fully saturated rings. The lowest BCUT2D eigenvalue weighted by atomic mass is 9.89. The molecule has 120 valence electrons. The van der Waals surface area contributed by atoms with Crippen molar-refractivity contribution in [2.75, 3.05) is 13.1 Å². The Balaban J connectivity index is 2.06. The van der Waals surface area contributed by atoms with Crippen molar-refractivity contribution < 1.29 is 0 Å². The van der Waals surface area contributed by atoms with Crippen molar-refractivity contribution in [3.63, 3.8) is 0 Å². The van der Waals surface area contributed by atoms with Crippen LogP contribution in [0.15, 0.2) is 4.47 Å². The zero-order chi connectivity index (χ0) is 15.4. The van der Waals surface area contributed by atoms with Gasteiger partial charge >= 0.3 is 0 Å². The topological polar surface area (TPSA) is 21.1 Å². The Kier molecular flexibility index (Phi) is 6.30. The Hall–Kier alpha value is -0.350. The fourth-order valence-corrected chi connectivity index (χ4v) is 4.08. The van der Waals surface area contributed by atoms with Gasteiger partial charge in [0, 0.05) is 13.1 Å². The molecule has 1 aliphatic heterocycles. The predicted octanol–water partition coefficient (Wildman–Crippen LogP) is 4.49. The lowest BCUT2D eigenvalue weighted by Gasteiger charge is -2.21. The quantitative estimate of drug-likeness (QED) is 0.775. The average molecular weight is 356 g/mol. The normalized spacial score (nSPS) is 21.0. The van der Waals surface area contributed by atoms with Gasteiger partial charge in [0.2, 0.25) is 0 Å². The van der Waals surface area contributed by atoms with E-state index in [9.17, 15) is 0 Å². The molecule has 0 N–H and O–H groups in total. The summed E-state index contributed by atoms with van der Waals surface area (Å²) in [5, 5.41) is 4.72. The summed E-state index contributed by atoms with van der Waals surface area (Å²) in [6, 6.07) is 0. The second-order valence-electron chi connectivity index (χ2n) is 6.59. The van der Waals surface area contributed by atoms with Gasteiger partial charge in [-0.05, 0) is 73.5 Å². The van der Waals surface area contributed by atoms with Crippen LogP contribution < -0.4 is 0 Å². The molecule has 2 rings (SSSR count). The van der Waals surface area contributed by atoms with Gasteiger partial charge in [-0.25, -0.2) is 0 Å². The molecule has 1 aliphatic rings. The molecule has 1 atom stereocenters. The third-order valence-corrected chi connectivity index (χ3v) is 5.79. The van der Waals surface area contributed by atoms with Gasteiger partial charge in [-0.1, -0.05) is 20.8 Å². The molecule has 0 saturated carbocycles. The summed E-state index contributed by atoms with van der Waals surface area (Å²) < 4.78 is 3.41. The van der Waals surface area contributed by atoms with Crippen LogP contribution in [0.4, 0.5) is 0 Å². The van der Waals surface area contributed by atoms with E-state index in [0.29, 0.717) is 0 Å². The summed E-state index contributed by atoms with van der Waals surface area (Å²) in [6.45, 7) is 13.5. The second-order valence-corrected chi connectivity index (χ2v) is 7.38. The zero-order valence-corrected chi connectivity index (χ0v) is 15.6. The van der Waals surface area contributed by atoms with Crippen molar-refractivity contribution >= 4 is 15.9 Å². The number of aryl methyl sites for hydroxylation is 2. The third kappa shape index (κ3) is 4.10. The number of nitrogens with zero attached hydrogens (tertiary/aromatic N) is 3. The molecular formula is C17H30BrN3. The van der Waals surface area contributed by atoms with Gasteiger partial charge in [0.05, 0.1) is 15.9 Å². The number of aromatic nitrogens is 2. The highest BCUT2D eigenvalue weighted by Gasteiger charge is 2.22. The monoisotopic (exact) mass is 355 g/mol. The Morgan fingerprint density at radius 3 is 2.62 bits per heavy atom. The molecule has 21 heavy (non-hydrogen) atoms. The summed E-state index contributed by atoms with van der Waals surface area (Å²) >= 11 is 3.77. The minimum Gasteiger partial charge on any atom is -0.297 e. The average Bonchev–Trinajstić information content (AvgIpc) is 2.65. The SMILES string of the molecule is CCc1nn(CC)c(CN2CCCC(C(C)C)CC2)c1Br. The van der Waals surface area contributed by atoms with E-state index >= 15 is 0 Å². The van der Waals surface area contributed by atoms with Crippen LogP contribution in [0, 0.1) is 11.8 Å². The van der Waals surface area contributed by atoms with E-state index in [0.717, 1.165) is 31.3 Å². The first-order valence-electron chi connectivity index (χ1n) is 8.53. The fourth-order valence-electron chi connectivity index (χ4n) is 3.39. The van der Waals surface area contributed by atoms with Crippen LogP contribution in [0.1, 0.15) is 58.3 Å². The van der Waals surface area contributed by atoms with Gasteiger partial charge in [-0.2, -0.15) is 5.10 Å². The number of rotatable bonds is 5. The van der Waals surface area contributed by atoms with E-state index < -0.39 is 0 Å². The smallest absolute Gasteiger partial charge is 0.0767 e. The van der Waals surface area contributed by atoms with Crippen molar-refractivity contribution in [3.8, 4) is 0 Å². The molecule has 0 aromatic carbocycles. The first-order chi connectivity index (χ1) is 10.1. The van der Waals surface area contributed by atoms with Crippen molar-refractivity contribution in [1.29, 1.82) is 0 Å². The van der Waals surface area contributed by atoms with Crippen LogP contribution in [0.25, 0.3) is 0 Å². The molecule has 0 radical (unpaired) electrons. The Morgan fingerprint density at radius 1 is 1.24 bits per heavy atom. The van der Waals surface area contributed by atoms with Crippen molar-refractivity contribution in [2.24, 2.45) is 11.8 Å². The molecule has 0 bridgehead atoms. The molecule has 1 aromatic rings. The van der Waals surface area contributed by atoms with E-state index in [-0.39, 0.29) is 0 Å². The predicted molar refractivity (Wildman–Crippen MR) is 92.4 cm³/mol. The van der Waals surface area contributed by atoms with Crippen molar-refractivity contribution in [3.05, 3.63) is 15.9 Å². The van der Waals surface area contributed by atoms with Crippen LogP contribution in [-0.4, -0.2) is 27.8 Å². The molecule has 1 unspecified atom stereocenters. The Bertz CT molecular complexity index is 453. The van der Waals surface area contributed by atoms with Crippen molar-refractivity contribution in [2.45, 2.75) is 66.5 Å². The van der Waals surface area contributed by atoms with Gasteiger partial charge in [0.25, 0.3) is 0 Å². The summed E-state index contributed by atoms with van der Waals surface area (Å²) in [6.07, 6.45) is 5.07. The molecule has 4 heteroatoms. The lowest BCUT2D eigenvalue weighted by molar-refractivity contribution is 0.257. The van der Waals surface area contributed by atoms with E-state index in [1.54, 1.807) is 0 Å². The van der Waals surface area contributed by atoms with Gasteiger partial charge < -0.3 is 0 Å². The first-order valence-corrected chi connectivity index (χ1v) is 9.32. The van der Waals surface area contributed by atoms with Gasteiger partial charge in [-0.3, -0.25) is 9.58 Å². The third-order valence-electron chi connectivity index (χ3n) is 4.88. The lowest BCUT2D eigenvalue weighted by Crippen LogP contribution is -2.26. The number of halogens is 1. The van der Waals surface area contributed by atoms with E-state index in [4.69, 9.17) is 5.10 Å². The van der Waals surface area contributed by atoms with E-state index in [1.807, 2.05) is 0 Å². The highest BCUT2D eigenvalue weighted by molar-refractivity contribution is 9.10. The highest BCUT2D eigenvalue weighted by Crippen LogP contribution is 2.28. The molecular weight excluding hydrogens is 326 g/mol. The standard InChI is InChI=1S/C17H30BrN3/c1-5-15-17(18)16(21(6-2)19-15)12-20-10-7-8-14(9-11-20)13(3)4/h13-14H,5-12H2,1-4H3. The maximum absolute atomic E-state index is 4.72. The summed E-state index contributed by atoms with van der Waals surface area (Å²) in [7, 11) is 0. The van der Waals surface area contributed by atoms with Gasteiger partial charge in [-0.15, -0.1) is 0 Å². The second kappa shape index (κ2) is 7.77. The molecule has 0 spiro atoms. The minimum absolute atomic E-state index is 0.824. The molecule has 1 saturated heterocycles. The highest BCUT2D eigenvalue weighted by atomic mass is 79.9. The number of hydrogen-bond donors (Lipinski definition) is 0. The molecule has 1 aromatic heterocycles. The molecule has 0 amide bonds. The van der Waals surface area contributed by atoms with Crippen LogP contribution in [0.2, 0.25) is 0 Å². The van der Waals surface area contributed by atoms with Gasteiger partial charge in [0.1, 0.15) is 0 Å². The maximum atomic E-state index is 4.72. The van der Waals surface area contributed by atoms with E-state index in [1.165, 1.54) is 48.2 Å².